The van der Waals surface area contributed by atoms with E-state index >= 15 is 0 Å². The molecule has 0 aliphatic rings. The van der Waals surface area contributed by atoms with Crippen LogP contribution in [0.3, 0.4) is 0 Å². The highest BCUT2D eigenvalue weighted by atomic mass is 16.5. The number of amides is 2. The number of rotatable bonds is 6. The van der Waals surface area contributed by atoms with Crippen molar-refractivity contribution in [3.05, 3.63) is 70.8 Å². The third-order valence-electron chi connectivity index (χ3n) is 3.94. The fraction of sp³-hybridized carbons (Fsp3) is 0.227. The molecule has 0 radical (unpaired) electrons. The van der Waals surface area contributed by atoms with Crippen molar-refractivity contribution >= 4 is 17.9 Å². The molecule has 2 aromatic rings. The topological polar surface area (TPSA) is 91.2 Å². The Morgan fingerprint density at radius 1 is 1.14 bits per heavy atom. The van der Waals surface area contributed by atoms with Crippen molar-refractivity contribution in [2.24, 2.45) is 0 Å². The van der Waals surface area contributed by atoms with E-state index in [1.165, 1.54) is 6.08 Å². The molecule has 2 N–H and O–H groups in total. The predicted molar refractivity (Wildman–Crippen MR) is 107 cm³/mol. The van der Waals surface area contributed by atoms with Crippen molar-refractivity contribution in [3.63, 3.8) is 0 Å². The molecule has 0 aliphatic carbocycles. The van der Waals surface area contributed by atoms with Crippen molar-refractivity contribution in [2.75, 3.05) is 6.61 Å². The smallest absolute Gasteiger partial charge is 0.280 e. The molecule has 2 amide bonds. The van der Waals surface area contributed by atoms with Gasteiger partial charge in [0.05, 0.1) is 0 Å². The minimum atomic E-state index is -0.696. The number of aryl methyl sites for hydroxylation is 1. The predicted octanol–water partition coefficient (Wildman–Crippen LogP) is 3.25. The molecule has 0 spiro atoms. The highest BCUT2D eigenvalue weighted by Gasteiger charge is 2.13. The number of hydrogen-bond acceptors (Lipinski definition) is 4. The molecule has 0 aliphatic heterocycles. The zero-order chi connectivity index (χ0) is 20.5. The van der Waals surface area contributed by atoms with Crippen molar-refractivity contribution in [3.8, 4) is 11.8 Å². The van der Waals surface area contributed by atoms with Crippen LogP contribution in [0.4, 0.5) is 0 Å². The summed E-state index contributed by atoms with van der Waals surface area (Å²) in [7, 11) is 0. The van der Waals surface area contributed by atoms with Gasteiger partial charge in [-0.2, -0.15) is 5.26 Å². The summed E-state index contributed by atoms with van der Waals surface area (Å²) in [4.78, 5) is 24.1. The number of hydrogen-bond donors (Lipinski definition) is 2. The van der Waals surface area contributed by atoms with Crippen LogP contribution in [0.1, 0.15) is 36.5 Å². The highest BCUT2D eigenvalue weighted by molar-refractivity contribution is 6.02. The maximum absolute atomic E-state index is 12.1. The lowest BCUT2D eigenvalue weighted by molar-refractivity contribution is -0.128. The first-order valence-corrected chi connectivity index (χ1v) is 8.90. The largest absolute Gasteiger partial charge is 0.483 e. The summed E-state index contributed by atoms with van der Waals surface area (Å²) in [5.74, 6) is -0.336. The van der Waals surface area contributed by atoms with Gasteiger partial charge in [0.15, 0.2) is 6.61 Å². The van der Waals surface area contributed by atoms with Crippen LogP contribution in [0, 0.1) is 18.3 Å². The molecular formula is C22H23N3O3. The van der Waals surface area contributed by atoms with Gasteiger partial charge in [-0.15, -0.1) is 0 Å². The summed E-state index contributed by atoms with van der Waals surface area (Å²) in [5.41, 5.74) is 7.11. The van der Waals surface area contributed by atoms with E-state index in [-0.39, 0.29) is 18.1 Å². The Balaban J connectivity index is 1.92. The number of nitriles is 1. The Morgan fingerprint density at radius 2 is 1.86 bits per heavy atom. The Morgan fingerprint density at radius 3 is 2.50 bits per heavy atom. The van der Waals surface area contributed by atoms with Crippen LogP contribution < -0.4 is 15.6 Å². The van der Waals surface area contributed by atoms with Crippen molar-refractivity contribution in [2.45, 2.75) is 26.7 Å². The number of nitrogens with one attached hydrogen (secondary N) is 2. The van der Waals surface area contributed by atoms with Gasteiger partial charge in [0.25, 0.3) is 11.8 Å². The molecule has 6 heteroatoms. The Bertz CT molecular complexity index is 912. The summed E-state index contributed by atoms with van der Waals surface area (Å²) < 4.78 is 5.61. The summed E-state index contributed by atoms with van der Waals surface area (Å²) in [5, 5.41) is 9.17. The number of hydrazine groups is 1. The van der Waals surface area contributed by atoms with Crippen molar-refractivity contribution < 1.29 is 14.3 Å². The molecule has 6 nitrogen and oxygen atoms in total. The molecule has 2 aromatic carbocycles. The van der Waals surface area contributed by atoms with Crippen molar-refractivity contribution in [1.29, 1.82) is 5.26 Å². The maximum atomic E-state index is 12.1. The van der Waals surface area contributed by atoms with E-state index in [1.54, 1.807) is 24.3 Å². The van der Waals surface area contributed by atoms with E-state index in [2.05, 4.69) is 10.9 Å². The van der Waals surface area contributed by atoms with Crippen LogP contribution in [0.5, 0.6) is 5.75 Å². The molecule has 0 fully saturated rings. The summed E-state index contributed by atoms with van der Waals surface area (Å²) in [6.07, 6.45) is 1.44. The number of ether oxygens (including phenoxy) is 1. The molecule has 2 rings (SSSR count). The second-order valence-corrected chi connectivity index (χ2v) is 6.57. The van der Waals surface area contributed by atoms with Crippen LogP contribution in [-0.4, -0.2) is 18.4 Å². The Hall–Kier alpha value is -3.59. The van der Waals surface area contributed by atoms with Gasteiger partial charge in [0.2, 0.25) is 0 Å². The number of carbonyl (C=O) groups excluding carboxylic acids is 2. The van der Waals surface area contributed by atoms with Crippen molar-refractivity contribution in [1.82, 2.24) is 10.9 Å². The third kappa shape index (κ3) is 5.99. The second kappa shape index (κ2) is 9.93. The molecular weight excluding hydrogens is 354 g/mol. The highest BCUT2D eigenvalue weighted by Crippen LogP contribution is 2.27. The van der Waals surface area contributed by atoms with Gasteiger partial charge in [-0.25, -0.2) is 0 Å². The van der Waals surface area contributed by atoms with Gasteiger partial charge in [0.1, 0.15) is 17.4 Å². The lowest BCUT2D eigenvalue weighted by Crippen LogP contribution is -2.44. The van der Waals surface area contributed by atoms with Gasteiger partial charge in [0, 0.05) is 0 Å². The van der Waals surface area contributed by atoms with Gasteiger partial charge >= 0.3 is 0 Å². The first-order chi connectivity index (χ1) is 13.4. The maximum Gasteiger partial charge on any atom is 0.280 e. The van der Waals surface area contributed by atoms with E-state index in [1.807, 2.05) is 51.1 Å². The lowest BCUT2D eigenvalue weighted by Gasteiger charge is -2.15. The average Bonchev–Trinajstić information content (AvgIpc) is 2.69. The molecule has 0 aromatic heterocycles. The first-order valence-electron chi connectivity index (χ1n) is 8.90. The van der Waals surface area contributed by atoms with E-state index < -0.39 is 11.8 Å². The second-order valence-electron chi connectivity index (χ2n) is 6.57. The Kier molecular flexibility index (Phi) is 7.35. The zero-order valence-corrected chi connectivity index (χ0v) is 16.2. The first kappa shape index (κ1) is 20.7. The van der Waals surface area contributed by atoms with E-state index in [9.17, 15) is 9.59 Å². The minimum absolute atomic E-state index is 0.117. The van der Waals surface area contributed by atoms with Crippen LogP contribution in [0.2, 0.25) is 0 Å². The van der Waals surface area contributed by atoms with Crippen LogP contribution in [0.15, 0.2) is 54.1 Å². The average molecular weight is 377 g/mol. The fourth-order valence-corrected chi connectivity index (χ4v) is 2.48. The molecule has 0 saturated heterocycles. The monoisotopic (exact) mass is 377 g/mol. The number of carbonyl (C=O) groups is 2. The quantitative estimate of drug-likeness (QED) is 0.459. The summed E-state index contributed by atoms with van der Waals surface area (Å²) >= 11 is 0. The fourth-order valence-electron chi connectivity index (χ4n) is 2.48. The zero-order valence-electron chi connectivity index (χ0n) is 16.2. The van der Waals surface area contributed by atoms with Crippen LogP contribution >= 0.6 is 0 Å². The van der Waals surface area contributed by atoms with E-state index in [0.717, 1.165) is 11.1 Å². The molecule has 0 saturated carbocycles. The summed E-state index contributed by atoms with van der Waals surface area (Å²) in [6, 6.07) is 16.6. The standard InChI is InChI=1S/C22H23N3O3/c1-15(2)19-10-9-16(3)11-20(19)28-14-21(26)24-25-22(27)18(13-23)12-17-7-5-4-6-8-17/h4-12,15H,14H2,1-3H3,(H,24,26)(H,25,27)/b18-12+. The number of benzene rings is 2. The molecule has 0 unspecified atom stereocenters. The molecule has 0 bridgehead atoms. The molecule has 28 heavy (non-hydrogen) atoms. The van der Waals surface area contributed by atoms with Gasteiger partial charge < -0.3 is 4.74 Å². The SMILES string of the molecule is Cc1ccc(C(C)C)c(OCC(=O)NNC(=O)/C(C#N)=C/c2ccccc2)c1. The summed E-state index contributed by atoms with van der Waals surface area (Å²) in [6.45, 7) is 5.77. The minimum Gasteiger partial charge on any atom is -0.483 e. The third-order valence-corrected chi connectivity index (χ3v) is 3.94. The van der Waals surface area contributed by atoms with Crippen LogP contribution in [-0.2, 0) is 9.59 Å². The number of nitrogens with zero attached hydrogens (tertiary/aromatic N) is 1. The van der Waals surface area contributed by atoms with E-state index in [0.29, 0.717) is 11.3 Å². The van der Waals surface area contributed by atoms with Gasteiger partial charge in [-0.1, -0.05) is 56.3 Å². The Labute approximate surface area is 164 Å². The molecule has 0 heterocycles. The molecule has 144 valence electrons. The van der Waals surface area contributed by atoms with E-state index in [4.69, 9.17) is 10.00 Å². The lowest BCUT2D eigenvalue weighted by atomic mass is 10.0. The van der Waals surface area contributed by atoms with Gasteiger partial charge in [-0.3, -0.25) is 20.4 Å². The normalized spacial score (nSPS) is 10.9. The molecule has 0 atom stereocenters. The van der Waals surface area contributed by atoms with Crippen LogP contribution in [0.25, 0.3) is 6.08 Å². The van der Waals surface area contributed by atoms with Gasteiger partial charge in [-0.05, 0) is 41.7 Å².